The van der Waals surface area contributed by atoms with E-state index in [0.717, 1.165) is 100 Å². The number of hydrogen-bond donors (Lipinski definition) is 4. The van der Waals surface area contributed by atoms with E-state index < -0.39 is 31.1 Å². The molecule has 0 unspecified atom stereocenters. The number of hydrogen-bond acceptors (Lipinski definition) is 15. The molecule has 2 amide bonds. The minimum absolute atomic E-state index is 0.0578. The molecule has 402 valence electrons. The number of benzene rings is 2. The van der Waals surface area contributed by atoms with E-state index in [9.17, 15) is 26.4 Å². The van der Waals surface area contributed by atoms with Crippen molar-refractivity contribution in [3.8, 4) is 0 Å². The predicted octanol–water partition coefficient (Wildman–Crippen LogP) is 8.64. The van der Waals surface area contributed by atoms with Gasteiger partial charge >= 0.3 is 0 Å². The van der Waals surface area contributed by atoms with Gasteiger partial charge in [-0.25, -0.2) is 16.8 Å². The van der Waals surface area contributed by atoms with Crippen LogP contribution < -0.4 is 21.7 Å². The number of sulfonamides is 2. The number of nitrogens with one attached hydrogen (secondary N) is 3. The minimum atomic E-state index is -3.61. The third kappa shape index (κ3) is 13.6. The summed E-state index contributed by atoms with van der Waals surface area (Å²) in [4.78, 5) is 43.9. The zero-order valence-corrected chi connectivity index (χ0v) is 47.7. The zero-order chi connectivity index (χ0) is 52.7. The quantitative estimate of drug-likeness (QED) is 0.174. The van der Waals surface area contributed by atoms with Crippen LogP contribution in [0.2, 0.25) is 0 Å². The lowest BCUT2D eigenvalue weighted by Crippen LogP contribution is -2.50. The summed E-state index contributed by atoms with van der Waals surface area (Å²) in [5.74, 6) is 4.41. The van der Waals surface area contributed by atoms with Gasteiger partial charge in [0.1, 0.15) is 27.1 Å². The van der Waals surface area contributed by atoms with E-state index in [1.807, 2.05) is 63.7 Å². The van der Waals surface area contributed by atoms with E-state index in [2.05, 4.69) is 32.2 Å². The highest BCUT2D eigenvalue weighted by molar-refractivity contribution is 8.38. The van der Waals surface area contributed by atoms with E-state index in [1.54, 1.807) is 35.7 Å². The summed E-state index contributed by atoms with van der Waals surface area (Å²) < 4.78 is 56.3. The van der Waals surface area contributed by atoms with Crippen molar-refractivity contribution in [3.63, 3.8) is 0 Å². The van der Waals surface area contributed by atoms with Crippen LogP contribution in [-0.2, 0) is 29.6 Å². The van der Waals surface area contributed by atoms with Crippen molar-refractivity contribution in [1.82, 2.24) is 19.2 Å². The number of nitrogens with zero attached hydrogens (tertiary/aromatic N) is 6. The molecule has 74 heavy (non-hydrogen) atoms. The highest BCUT2D eigenvalue weighted by Gasteiger charge is 2.49. The molecule has 5 N–H and O–H groups in total. The van der Waals surface area contributed by atoms with Crippen LogP contribution >= 0.6 is 35.3 Å². The number of aliphatic imine (C=N–C) groups is 4. The van der Waals surface area contributed by atoms with E-state index in [-0.39, 0.29) is 11.8 Å². The van der Waals surface area contributed by atoms with Crippen LogP contribution in [0.1, 0.15) is 123 Å². The van der Waals surface area contributed by atoms with Gasteiger partial charge in [-0.2, -0.15) is 8.61 Å². The maximum Gasteiger partial charge on any atom is 0.253 e. The second-order valence-electron chi connectivity index (χ2n) is 20.6. The van der Waals surface area contributed by atoms with Crippen LogP contribution in [0, 0.1) is 39.5 Å². The fraction of sp³-hybridized carbons (Fsp3) is 0.585. The van der Waals surface area contributed by atoms with Crippen LogP contribution in [0.3, 0.4) is 0 Å². The van der Waals surface area contributed by atoms with Crippen molar-refractivity contribution in [2.24, 2.45) is 31.8 Å². The number of aryl methyl sites for hydroxylation is 4. The zero-order valence-electron chi connectivity index (χ0n) is 43.6. The summed E-state index contributed by atoms with van der Waals surface area (Å²) in [6.45, 7) is 10.8. The molecule has 21 heteroatoms. The lowest BCUT2D eigenvalue weighted by molar-refractivity contribution is -0.125. The Labute approximate surface area is 451 Å². The highest BCUT2D eigenvalue weighted by atomic mass is 32.2. The summed E-state index contributed by atoms with van der Waals surface area (Å²) in [5, 5.41) is 12.9. The number of thioether (sulfide) groups is 3. The molecular weight excluding hydrogens is 1030 g/mol. The van der Waals surface area contributed by atoms with Crippen molar-refractivity contribution >= 4 is 112 Å². The average molecular weight is 1110 g/mol. The van der Waals surface area contributed by atoms with Gasteiger partial charge in [0.05, 0.1) is 13.1 Å². The summed E-state index contributed by atoms with van der Waals surface area (Å²) >= 11 is 5.30. The largest absolute Gasteiger partial charge is 0.399 e. The van der Waals surface area contributed by atoms with Crippen LogP contribution in [0.15, 0.2) is 55.1 Å². The Balaban J connectivity index is 0.000000175. The van der Waals surface area contributed by atoms with Crippen molar-refractivity contribution in [3.05, 3.63) is 68.5 Å². The van der Waals surface area contributed by atoms with Crippen LogP contribution in [0.5, 0.6) is 0 Å². The number of nitrogen functional groups attached to an aromatic ring is 1. The molecule has 2 spiro atoms. The standard InChI is InChI=1S/C26H35N5O3S2.C23H32N4O3S.C4H7NS2/c1-18-16-21(28-25-27-11-14-35-25)17-19(2)22(18)8-15-36(33,34)31-12-9-26(10-13-31)24(32)29-23(30-26)20-6-4-3-5-7-20;1-16-14-19(24)15-17(2)20(16)8-13-31(29,30)27-11-9-23(10-12-27)22(28)25-21(26-23)18-6-4-3-5-7-18;1-6-4-5-2-3-7-4/h8,15-17,20H,3-7,9-14H2,1-2H3,(H,27,28)(H,29,30,32);8,13-15,18H,3-7,9-12,24H2,1-2H3,(H,25,26,28);2-3H2,1H3/b15-8+;13-8+;. The van der Waals surface area contributed by atoms with Gasteiger partial charge in [-0.05, 0) is 155 Å². The van der Waals surface area contributed by atoms with Gasteiger partial charge in [-0.3, -0.25) is 29.6 Å². The van der Waals surface area contributed by atoms with Crippen molar-refractivity contribution in [2.45, 2.75) is 129 Å². The van der Waals surface area contributed by atoms with Gasteiger partial charge in [0.25, 0.3) is 11.8 Å². The van der Waals surface area contributed by atoms with Crippen molar-refractivity contribution in [2.75, 3.05) is 68.1 Å². The molecular formula is C53H74N10O6S5. The molecule has 0 aromatic heterocycles. The number of amides is 2. The Morgan fingerprint density at radius 3 is 1.45 bits per heavy atom. The Morgan fingerprint density at radius 1 is 0.649 bits per heavy atom. The van der Waals surface area contributed by atoms with E-state index in [0.29, 0.717) is 69.4 Å². The first-order chi connectivity index (χ1) is 35.4. The average Bonchev–Trinajstić information content (AvgIpc) is 4.22. The number of carbonyl (C=O) groups excluding carboxylic acids is 2. The smallest absolute Gasteiger partial charge is 0.253 e. The molecule has 0 atom stereocenters. The monoisotopic (exact) mass is 1110 g/mol. The van der Waals surface area contributed by atoms with E-state index in [4.69, 9.17) is 15.7 Å². The van der Waals surface area contributed by atoms with Gasteiger partial charge in [-0.15, -0.1) is 11.8 Å². The molecule has 10 rings (SSSR count). The molecule has 4 fully saturated rings. The molecule has 6 aliphatic heterocycles. The summed E-state index contributed by atoms with van der Waals surface area (Å²) in [6, 6.07) is 7.72. The molecule has 16 nitrogen and oxygen atoms in total. The van der Waals surface area contributed by atoms with Crippen molar-refractivity contribution in [1.29, 1.82) is 0 Å². The fourth-order valence-corrected chi connectivity index (χ4v) is 15.7. The number of rotatable bonds is 9. The first-order valence-electron chi connectivity index (χ1n) is 26.2. The number of amidine groups is 3. The van der Waals surface area contributed by atoms with Gasteiger partial charge in [0.15, 0.2) is 5.17 Å². The van der Waals surface area contributed by atoms with Gasteiger partial charge in [0.2, 0.25) is 20.0 Å². The maximum atomic E-state index is 13.1. The first kappa shape index (κ1) is 56.2. The number of nitrogens with two attached hydrogens (primary N) is 1. The van der Waals surface area contributed by atoms with Crippen LogP contribution in [-0.4, -0.2) is 127 Å². The lowest BCUT2D eigenvalue weighted by atomic mass is 9.88. The highest BCUT2D eigenvalue weighted by Crippen LogP contribution is 2.37. The first-order valence-corrected chi connectivity index (χ1v) is 32.4. The number of carbonyl (C=O) groups is 2. The Morgan fingerprint density at radius 2 is 1.07 bits per heavy atom. The second kappa shape index (κ2) is 24.6. The molecule has 0 radical (unpaired) electrons. The maximum absolute atomic E-state index is 13.1. The Bertz CT molecular complexity index is 2790. The van der Waals surface area contributed by atoms with Gasteiger partial charge in [-0.1, -0.05) is 62.0 Å². The topological polar surface area (TPSA) is 220 Å². The normalized spacial score (nSPS) is 22.7. The summed E-state index contributed by atoms with van der Waals surface area (Å²) in [7, 11) is -7.19. The Hall–Kier alpha value is -3.99. The molecule has 2 aromatic rings. The molecule has 0 bridgehead atoms. The molecule has 2 saturated heterocycles. The predicted molar refractivity (Wildman–Crippen MR) is 310 cm³/mol. The molecule has 2 saturated carbocycles. The fourth-order valence-electron chi connectivity index (χ4n) is 11.2. The molecule has 2 aliphatic carbocycles. The molecule has 2 aromatic carbocycles. The van der Waals surface area contributed by atoms with Crippen LogP contribution in [0.4, 0.5) is 11.4 Å². The minimum Gasteiger partial charge on any atom is -0.399 e. The van der Waals surface area contributed by atoms with Gasteiger partial charge in [0, 0.05) is 71.7 Å². The van der Waals surface area contributed by atoms with E-state index in [1.165, 1.54) is 68.1 Å². The van der Waals surface area contributed by atoms with E-state index >= 15 is 0 Å². The third-order valence-electron chi connectivity index (χ3n) is 15.4. The van der Waals surface area contributed by atoms with Crippen LogP contribution in [0.25, 0.3) is 12.2 Å². The second-order valence-corrected chi connectivity index (χ2v) is 27.4. The van der Waals surface area contributed by atoms with Crippen molar-refractivity contribution < 1.29 is 26.4 Å². The van der Waals surface area contributed by atoms with Gasteiger partial charge < -0.3 is 21.7 Å². The molecule has 8 aliphatic rings. The summed E-state index contributed by atoms with van der Waals surface area (Å²) in [6.07, 6.45) is 18.6. The molecule has 6 heterocycles. The number of anilines is 2. The number of piperidine rings is 2. The summed E-state index contributed by atoms with van der Waals surface area (Å²) in [5.41, 5.74) is 11.5. The Kier molecular flexibility index (Phi) is 18.7. The third-order valence-corrected chi connectivity index (χ3v) is 21.5. The lowest BCUT2D eigenvalue weighted by Gasteiger charge is -2.34. The SMILES string of the molecule is CSC1=NCCS1.Cc1cc(N)cc(C)c1/C=C/S(=O)(=O)N1CCC2(CC1)N=C(C1CCCCC1)NC2=O.Cc1cc(NC2=NCCS2)cc(C)c1/C=C/S(=O)(=O)N1CCC2(CC1)N=C(C1CCCCC1)NC2=O.